The van der Waals surface area contributed by atoms with Crippen LogP contribution >= 0.6 is 0 Å². The van der Waals surface area contributed by atoms with Gasteiger partial charge >= 0.3 is 6.61 Å². The lowest BCUT2D eigenvalue weighted by molar-refractivity contribution is -0.129. The molecule has 2 aromatic carbocycles. The number of nitrogens with zero attached hydrogens (tertiary/aromatic N) is 2. The SMILES string of the molecule is CN1C(=O)[C@@](c2ccc(OC(F)F)cc2)(c2ccc(F)c(OCCCF)c2)N=C1N. The van der Waals surface area contributed by atoms with E-state index in [1.54, 1.807) is 0 Å². The number of rotatable bonds is 8. The van der Waals surface area contributed by atoms with Crippen molar-refractivity contribution in [2.24, 2.45) is 10.7 Å². The second-order valence-corrected chi connectivity index (χ2v) is 6.48. The minimum absolute atomic E-state index is 0.0528. The van der Waals surface area contributed by atoms with E-state index in [1.807, 2.05) is 0 Å². The van der Waals surface area contributed by atoms with E-state index < -0.39 is 30.5 Å². The summed E-state index contributed by atoms with van der Waals surface area (Å²) in [6, 6.07) is 9.09. The third kappa shape index (κ3) is 3.89. The van der Waals surface area contributed by atoms with Crippen LogP contribution in [0.2, 0.25) is 0 Å². The fourth-order valence-electron chi connectivity index (χ4n) is 3.14. The smallest absolute Gasteiger partial charge is 0.387 e. The molecule has 10 heteroatoms. The van der Waals surface area contributed by atoms with Crippen molar-refractivity contribution < 1.29 is 31.8 Å². The number of carbonyl (C=O) groups is 1. The first kappa shape index (κ1) is 21.4. The first-order valence-electron chi connectivity index (χ1n) is 8.97. The van der Waals surface area contributed by atoms with E-state index in [4.69, 9.17) is 10.5 Å². The Hall–Kier alpha value is -3.30. The van der Waals surface area contributed by atoms with Gasteiger partial charge in [0.05, 0.1) is 13.3 Å². The number of nitrogens with two attached hydrogens (primary N) is 1. The van der Waals surface area contributed by atoms with E-state index in [1.165, 1.54) is 43.4 Å². The molecule has 6 nitrogen and oxygen atoms in total. The van der Waals surface area contributed by atoms with Gasteiger partial charge in [-0.3, -0.25) is 14.1 Å². The Morgan fingerprint density at radius 1 is 1.17 bits per heavy atom. The molecule has 160 valence electrons. The molecule has 1 atom stereocenters. The van der Waals surface area contributed by atoms with Crippen LogP contribution in [-0.2, 0) is 10.3 Å². The average molecular weight is 425 g/mol. The second kappa shape index (κ2) is 8.60. The van der Waals surface area contributed by atoms with Crippen molar-refractivity contribution in [2.75, 3.05) is 20.3 Å². The van der Waals surface area contributed by atoms with E-state index in [-0.39, 0.29) is 36.0 Å². The number of alkyl halides is 3. The molecule has 0 saturated heterocycles. The summed E-state index contributed by atoms with van der Waals surface area (Å²) in [5.41, 5.74) is 4.75. The molecule has 2 aromatic rings. The van der Waals surface area contributed by atoms with Gasteiger partial charge in [0.2, 0.25) is 0 Å². The van der Waals surface area contributed by atoms with Crippen LogP contribution in [0.4, 0.5) is 17.6 Å². The van der Waals surface area contributed by atoms with E-state index >= 15 is 0 Å². The molecule has 0 aliphatic carbocycles. The molecule has 1 heterocycles. The molecule has 0 aromatic heterocycles. The Balaban J connectivity index is 2.09. The predicted octanol–water partition coefficient (Wildman–Crippen LogP) is 3.20. The van der Waals surface area contributed by atoms with Gasteiger partial charge < -0.3 is 15.2 Å². The van der Waals surface area contributed by atoms with Crippen LogP contribution in [0.3, 0.4) is 0 Å². The molecule has 0 bridgehead atoms. The molecule has 0 spiro atoms. The number of carbonyl (C=O) groups excluding carboxylic acids is 1. The highest BCUT2D eigenvalue weighted by Gasteiger charge is 2.49. The minimum atomic E-state index is -3.00. The zero-order valence-electron chi connectivity index (χ0n) is 15.9. The molecule has 1 amide bonds. The van der Waals surface area contributed by atoms with E-state index in [2.05, 4.69) is 9.73 Å². The Morgan fingerprint density at radius 2 is 1.83 bits per heavy atom. The quantitative estimate of drug-likeness (QED) is 0.521. The van der Waals surface area contributed by atoms with Crippen LogP contribution in [0, 0.1) is 5.82 Å². The number of guanidine groups is 1. The summed E-state index contributed by atoms with van der Waals surface area (Å²) in [5, 5.41) is 0. The number of benzene rings is 2. The maximum Gasteiger partial charge on any atom is 0.387 e. The van der Waals surface area contributed by atoms with Crippen LogP contribution in [0.15, 0.2) is 47.5 Å². The lowest BCUT2D eigenvalue weighted by atomic mass is 9.82. The van der Waals surface area contributed by atoms with Crippen LogP contribution in [-0.4, -0.2) is 43.7 Å². The number of halogens is 4. The monoisotopic (exact) mass is 425 g/mol. The Labute approximate surface area is 169 Å². The molecule has 0 saturated carbocycles. The third-order valence-corrected chi connectivity index (χ3v) is 4.62. The van der Waals surface area contributed by atoms with Crippen LogP contribution in [0.5, 0.6) is 11.5 Å². The molecule has 0 radical (unpaired) electrons. The highest BCUT2D eigenvalue weighted by molar-refractivity contribution is 6.08. The van der Waals surface area contributed by atoms with Gasteiger partial charge in [0.1, 0.15) is 5.75 Å². The van der Waals surface area contributed by atoms with Crippen molar-refractivity contribution in [3.05, 3.63) is 59.4 Å². The Morgan fingerprint density at radius 3 is 2.40 bits per heavy atom. The highest BCUT2D eigenvalue weighted by atomic mass is 19.3. The van der Waals surface area contributed by atoms with Crippen molar-refractivity contribution in [3.8, 4) is 11.5 Å². The van der Waals surface area contributed by atoms with Gasteiger partial charge in [-0.05, 0) is 35.4 Å². The van der Waals surface area contributed by atoms with Crippen molar-refractivity contribution in [1.29, 1.82) is 0 Å². The molecule has 3 rings (SSSR count). The van der Waals surface area contributed by atoms with Gasteiger partial charge in [0.25, 0.3) is 5.91 Å². The summed E-state index contributed by atoms with van der Waals surface area (Å²) < 4.78 is 61.0. The molecule has 30 heavy (non-hydrogen) atoms. The molecule has 1 aliphatic rings. The Bertz CT molecular complexity index is 953. The maximum atomic E-state index is 14.2. The second-order valence-electron chi connectivity index (χ2n) is 6.48. The lowest BCUT2D eigenvalue weighted by Gasteiger charge is -2.26. The Kier molecular flexibility index (Phi) is 6.14. The van der Waals surface area contributed by atoms with Crippen molar-refractivity contribution in [2.45, 2.75) is 18.6 Å². The number of hydrogen-bond donors (Lipinski definition) is 1. The number of aliphatic imine (C=N–C) groups is 1. The standard InChI is InChI=1S/C20H19F4N3O3/c1-27-17(28)20(26-19(27)25,12-3-6-14(7-4-12)30-18(23)24)13-5-8-15(22)16(11-13)29-10-2-9-21/h3-8,11,18H,2,9-10H2,1H3,(H2,25,26)/t20-/m1/s1. The number of amides is 1. The number of ether oxygens (including phenoxy) is 2. The molecule has 2 N–H and O–H groups in total. The maximum absolute atomic E-state index is 14.2. The normalized spacial score (nSPS) is 18.7. The fraction of sp³-hybridized carbons (Fsp3) is 0.300. The molecular formula is C20H19F4N3O3. The highest BCUT2D eigenvalue weighted by Crippen LogP contribution is 2.41. The zero-order valence-corrected chi connectivity index (χ0v) is 15.9. The summed E-state index contributed by atoms with van der Waals surface area (Å²) in [6.45, 7) is -3.68. The summed E-state index contributed by atoms with van der Waals surface area (Å²) in [6.07, 6.45) is 0.0766. The van der Waals surface area contributed by atoms with Gasteiger partial charge in [0, 0.05) is 13.5 Å². The van der Waals surface area contributed by atoms with Crippen molar-refractivity contribution in [3.63, 3.8) is 0 Å². The third-order valence-electron chi connectivity index (χ3n) is 4.62. The van der Waals surface area contributed by atoms with Crippen molar-refractivity contribution >= 4 is 11.9 Å². The zero-order chi connectivity index (χ0) is 21.9. The van der Waals surface area contributed by atoms with Crippen molar-refractivity contribution in [1.82, 2.24) is 4.90 Å². The molecule has 0 unspecified atom stereocenters. The average Bonchev–Trinajstić information content (AvgIpc) is 2.94. The van der Waals surface area contributed by atoms with Crippen LogP contribution in [0.25, 0.3) is 0 Å². The fourth-order valence-corrected chi connectivity index (χ4v) is 3.14. The van der Waals surface area contributed by atoms with E-state index in [0.717, 1.165) is 11.0 Å². The largest absolute Gasteiger partial charge is 0.490 e. The van der Waals surface area contributed by atoms with Gasteiger partial charge in [-0.1, -0.05) is 18.2 Å². The topological polar surface area (TPSA) is 77.2 Å². The van der Waals surface area contributed by atoms with Gasteiger partial charge in [-0.2, -0.15) is 8.78 Å². The summed E-state index contributed by atoms with van der Waals surface area (Å²) in [4.78, 5) is 18.6. The number of likely N-dealkylation sites (N-methyl/N-ethyl adjacent to an activating group) is 1. The van der Waals surface area contributed by atoms with E-state index in [9.17, 15) is 22.4 Å². The predicted molar refractivity (Wildman–Crippen MR) is 101 cm³/mol. The van der Waals surface area contributed by atoms with Gasteiger partial charge in [-0.25, -0.2) is 9.38 Å². The molecule has 1 aliphatic heterocycles. The molecule has 0 fully saturated rings. The van der Waals surface area contributed by atoms with E-state index in [0.29, 0.717) is 5.56 Å². The van der Waals surface area contributed by atoms with Crippen LogP contribution in [0.1, 0.15) is 17.5 Å². The summed E-state index contributed by atoms with van der Waals surface area (Å²) >= 11 is 0. The van der Waals surface area contributed by atoms with Gasteiger partial charge in [0.15, 0.2) is 23.1 Å². The minimum Gasteiger partial charge on any atom is -0.490 e. The van der Waals surface area contributed by atoms with Gasteiger partial charge in [-0.15, -0.1) is 0 Å². The summed E-state index contributed by atoms with van der Waals surface area (Å²) in [5.74, 6) is -1.56. The van der Waals surface area contributed by atoms with Crippen LogP contribution < -0.4 is 15.2 Å². The first-order chi connectivity index (χ1) is 14.3. The molecular weight excluding hydrogens is 406 g/mol. The number of hydrogen-bond acceptors (Lipinski definition) is 5. The first-order valence-corrected chi connectivity index (χ1v) is 8.97. The summed E-state index contributed by atoms with van der Waals surface area (Å²) in [7, 11) is 1.43. The lowest BCUT2D eigenvalue weighted by Crippen LogP contribution is -2.41.